The van der Waals surface area contributed by atoms with Gasteiger partial charge in [0.1, 0.15) is 0 Å². The lowest BCUT2D eigenvalue weighted by Gasteiger charge is -2.14. The third-order valence-electron chi connectivity index (χ3n) is 6.17. The van der Waals surface area contributed by atoms with Gasteiger partial charge in [-0.2, -0.15) is 0 Å². The number of pyridine rings is 2. The van der Waals surface area contributed by atoms with Gasteiger partial charge in [0.25, 0.3) is 5.56 Å². The lowest BCUT2D eigenvalue weighted by Crippen LogP contribution is -2.08. The molecule has 0 unspecified atom stereocenters. The van der Waals surface area contributed by atoms with Crippen molar-refractivity contribution >= 4 is 38.0 Å². The van der Waals surface area contributed by atoms with Crippen molar-refractivity contribution in [2.45, 2.75) is 0 Å². The van der Waals surface area contributed by atoms with Gasteiger partial charge in [0.2, 0.25) is 0 Å². The summed E-state index contributed by atoms with van der Waals surface area (Å²) in [6, 6.07) is 28.7. The van der Waals surface area contributed by atoms with Crippen LogP contribution in [0.3, 0.4) is 0 Å². The first-order valence-corrected chi connectivity index (χ1v) is 12.0. The van der Waals surface area contributed by atoms with Crippen LogP contribution in [-0.4, -0.2) is 17.0 Å². The Morgan fingerprint density at radius 3 is 2.44 bits per heavy atom. The zero-order valence-electron chi connectivity index (χ0n) is 18.5. The molecule has 0 amide bonds. The molecule has 0 fully saturated rings. The molecule has 5 heteroatoms. The maximum absolute atomic E-state index is 13.0. The average molecular weight is 460 g/mol. The fraction of sp³-hybridized carbons (Fsp3) is 0.0345. The van der Waals surface area contributed by atoms with Gasteiger partial charge < -0.3 is 10.3 Å². The molecule has 0 saturated heterocycles. The number of nitrogens with one attached hydrogen (secondary N) is 2. The van der Waals surface area contributed by atoms with Crippen LogP contribution in [0.5, 0.6) is 0 Å². The smallest absolute Gasteiger partial charge is 0.257 e. The molecule has 0 saturated carbocycles. The number of H-pyrrole nitrogens is 1. The third-order valence-corrected chi connectivity index (χ3v) is 7.13. The van der Waals surface area contributed by atoms with Crippen molar-refractivity contribution in [1.29, 1.82) is 0 Å². The minimum absolute atomic E-state index is 0.140. The SMILES string of the molecule is CNc1ccc(-c2nc3c(-c4cccc5ccsc45)c[nH]c(=O)c3cc2-c2ccccc2)cc1. The molecule has 3 aromatic heterocycles. The highest BCUT2D eigenvalue weighted by atomic mass is 32.1. The van der Waals surface area contributed by atoms with E-state index >= 15 is 0 Å². The molecule has 0 atom stereocenters. The van der Waals surface area contributed by atoms with E-state index in [1.807, 2.05) is 43.4 Å². The van der Waals surface area contributed by atoms with Gasteiger partial charge >= 0.3 is 0 Å². The predicted octanol–water partition coefficient (Wildman–Crippen LogP) is 7.18. The second-order valence-electron chi connectivity index (χ2n) is 8.15. The second kappa shape index (κ2) is 8.28. The summed E-state index contributed by atoms with van der Waals surface area (Å²) in [7, 11) is 1.91. The number of nitrogens with zero attached hydrogens (tertiary/aromatic N) is 1. The van der Waals surface area contributed by atoms with Crippen LogP contribution in [0.1, 0.15) is 0 Å². The Bertz CT molecular complexity index is 1700. The Labute approximate surface area is 200 Å². The minimum Gasteiger partial charge on any atom is -0.388 e. The summed E-state index contributed by atoms with van der Waals surface area (Å²) in [6.45, 7) is 0. The van der Waals surface area contributed by atoms with E-state index in [-0.39, 0.29) is 5.56 Å². The number of anilines is 1. The highest BCUT2D eigenvalue weighted by Gasteiger charge is 2.17. The first-order valence-electron chi connectivity index (χ1n) is 11.1. The van der Waals surface area contributed by atoms with Crippen LogP contribution in [0.2, 0.25) is 0 Å². The van der Waals surface area contributed by atoms with E-state index in [4.69, 9.17) is 4.98 Å². The van der Waals surface area contributed by atoms with E-state index in [9.17, 15) is 4.79 Å². The normalized spacial score (nSPS) is 11.2. The van der Waals surface area contributed by atoms with Gasteiger partial charge in [-0.05, 0) is 40.6 Å². The van der Waals surface area contributed by atoms with Crippen molar-refractivity contribution in [2.24, 2.45) is 0 Å². The van der Waals surface area contributed by atoms with E-state index in [0.717, 1.165) is 39.2 Å². The molecule has 6 rings (SSSR count). The molecule has 2 N–H and O–H groups in total. The fourth-order valence-electron chi connectivity index (χ4n) is 4.44. The zero-order valence-corrected chi connectivity index (χ0v) is 19.3. The van der Waals surface area contributed by atoms with E-state index in [2.05, 4.69) is 64.2 Å². The molecule has 3 aromatic carbocycles. The Hall–Kier alpha value is -4.22. The molecule has 0 aliphatic carbocycles. The summed E-state index contributed by atoms with van der Waals surface area (Å²) < 4.78 is 1.18. The van der Waals surface area contributed by atoms with Crippen LogP contribution in [0, 0.1) is 0 Å². The van der Waals surface area contributed by atoms with Crippen molar-refractivity contribution in [3.05, 3.63) is 107 Å². The lowest BCUT2D eigenvalue weighted by molar-refractivity contribution is 1.26. The van der Waals surface area contributed by atoms with Crippen molar-refractivity contribution in [3.63, 3.8) is 0 Å². The van der Waals surface area contributed by atoms with Gasteiger partial charge in [0, 0.05) is 45.9 Å². The van der Waals surface area contributed by atoms with E-state index in [1.54, 1.807) is 17.5 Å². The first-order chi connectivity index (χ1) is 16.7. The number of fused-ring (bicyclic) bond motifs is 2. The average Bonchev–Trinajstić information content (AvgIpc) is 3.38. The molecule has 164 valence electrons. The van der Waals surface area contributed by atoms with Crippen LogP contribution in [0.25, 0.3) is 54.5 Å². The van der Waals surface area contributed by atoms with E-state index in [0.29, 0.717) is 10.9 Å². The van der Waals surface area contributed by atoms with Crippen LogP contribution < -0.4 is 10.9 Å². The number of rotatable bonds is 4. The van der Waals surface area contributed by atoms with Crippen LogP contribution in [0.15, 0.2) is 101 Å². The molecule has 0 aliphatic heterocycles. The van der Waals surface area contributed by atoms with Crippen molar-refractivity contribution < 1.29 is 0 Å². The molecule has 34 heavy (non-hydrogen) atoms. The largest absolute Gasteiger partial charge is 0.388 e. The summed E-state index contributed by atoms with van der Waals surface area (Å²) >= 11 is 1.70. The molecule has 6 aromatic rings. The van der Waals surface area contributed by atoms with Crippen LogP contribution in [-0.2, 0) is 0 Å². The highest BCUT2D eigenvalue weighted by Crippen LogP contribution is 2.38. The lowest BCUT2D eigenvalue weighted by atomic mass is 9.96. The van der Waals surface area contributed by atoms with Crippen molar-refractivity contribution in [1.82, 2.24) is 9.97 Å². The Morgan fingerprint density at radius 1 is 0.824 bits per heavy atom. The zero-order chi connectivity index (χ0) is 23.1. The molecule has 3 heterocycles. The van der Waals surface area contributed by atoms with Gasteiger partial charge in [-0.25, -0.2) is 4.98 Å². The summed E-state index contributed by atoms with van der Waals surface area (Å²) in [4.78, 5) is 21.1. The highest BCUT2D eigenvalue weighted by molar-refractivity contribution is 7.17. The molecule has 0 spiro atoms. The van der Waals surface area contributed by atoms with Gasteiger partial charge in [0.05, 0.1) is 16.6 Å². The fourth-order valence-corrected chi connectivity index (χ4v) is 5.37. The first kappa shape index (κ1) is 20.4. The van der Waals surface area contributed by atoms with Crippen LogP contribution >= 0.6 is 11.3 Å². The van der Waals surface area contributed by atoms with Gasteiger partial charge in [-0.1, -0.05) is 60.7 Å². The summed E-state index contributed by atoms with van der Waals surface area (Å²) in [5.41, 5.74) is 7.41. The van der Waals surface area contributed by atoms with E-state index in [1.165, 1.54) is 10.1 Å². The quantitative estimate of drug-likeness (QED) is 0.293. The van der Waals surface area contributed by atoms with Gasteiger partial charge in [-0.15, -0.1) is 11.3 Å². The molecule has 0 bridgehead atoms. The predicted molar refractivity (Wildman–Crippen MR) is 144 cm³/mol. The number of benzene rings is 3. The molecule has 0 aliphatic rings. The second-order valence-corrected chi connectivity index (χ2v) is 9.07. The van der Waals surface area contributed by atoms with Crippen molar-refractivity contribution in [3.8, 4) is 33.5 Å². The third kappa shape index (κ3) is 3.38. The molecular weight excluding hydrogens is 438 g/mol. The molecular formula is C29H21N3OS. The van der Waals surface area contributed by atoms with Crippen LogP contribution in [0.4, 0.5) is 5.69 Å². The van der Waals surface area contributed by atoms with Gasteiger partial charge in [-0.3, -0.25) is 4.79 Å². The summed E-state index contributed by atoms with van der Waals surface area (Å²) in [5, 5.41) is 7.03. The Morgan fingerprint density at radius 2 is 1.65 bits per heavy atom. The number of hydrogen-bond donors (Lipinski definition) is 2. The standard InChI is InChI=1S/C29H21N3OS/c1-30-21-12-10-19(11-13-21)26-23(18-6-3-2-4-7-18)16-24-27(32-26)25(17-31-29(24)33)22-9-5-8-20-14-15-34-28(20)22/h2-17,30H,1H3,(H,31,33). The maximum atomic E-state index is 13.0. The maximum Gasteiger partial charge on any atom is 0.257 e. The van der Waals surface area contributed by atoms with Crippen molar-refractivity contribution in [2.75, 3.05) is 12.4 Å². The monoisotopic (exact) mass is 459 g/mol. The molecule has 4 nitrogen and oxygen atoms in total. The van der Waals surface area contributed by atoms with E-state index < -0.39 is 0 Å². The minimum atomic E-state index is -0.140. The number of aromatic amines is 1. The van der Waals surface area contributed by atoms with Gasteiger partial charge in [0.15, 0.2) is 0 Å². The number of thiophene rings is 1. The molecule has 0 radical (unpaired) electrons. The Kier molecular flexibility index (Phi) is 4.97. The summed E-state index contributed by atoms with van der Waals surface area (Å²) in [5.74, 6) is 0. The number of aromatic nitrogens is 2. The Balaban J connectivity index is 1.69. The topological polar surface area (TPSA) is 57.8 Å². The summed E-state index contributed by atoms with van der Waals surface area (Å²) in [6.07, 6.45) is 1.79. The number of hydrogen-bond acceptors (Lipinski definition) is 4.